The quantitative estimate of drug-likeness (QED) is 0.271. The smallest absolute Gasteiger partial charge is 0.250 e. The Labute approximate surface area is 193 Å². The molecule has 154 valence electrons. The van der Waals surface area contributed by atoms with Crippen molar-refractivity contribution in [1.82, 2.24) is 10.3 Å². The molecule has 0 aliphatic rings. The Bertz CT molecular complexity index is 1290. The van der Waals surface area contributed by atoms with Gasteiger partial charge in [-0.3, -0.25) is 15.1 Å². The molecule has 0 bridgehead atoms. The van der Waals surface area contributed by atoms with Crippen molar-refractivity contribution in [2.45, 2.75) is 0 Å². The molecule has 8 heteroatoms. The second-order valence-electron chi connectivity index (χ2n) is 6.51. The number of furan rings is 1. The highest BCUT2D eigenvalue weighted by molar-refractivity contribution is 7.80. The van der Waals surface area contributed by atoms with Gasteiger partial charge in [0.15, 0.2) is 5.11 Å². The first-order valence-corrected chi connectivity index (χ1v) is 10.3. The molecule has 5 nitrogen and oxygen atoms in total. The van der Waals surface area contributed by atoms with Gasteiger partial charge in [0.1, 0.15) is 11.5 Å². The van der Waals surface area contributed by atoms with E-state index in [2.05, 4.69) is 15.6 Å². The van der Waals surface area contributed by atoms with Gasteiger partial charge in [-0.2, -0.15) is 0 Å². The number of nitrogens with one attached hydrogen (secondary N) is 2. The zero-order chi connectivity index (χ0) is 21.8. The van der Waals surface area contributed by atoms with Crippen LogP contribution < -0.4 is 10.6 Å². The van der Waals surface area contributed by atoms with Crippen molar-refractivity contribution in [2.24, 2.45) is 0 Å². The number of fused-ring (bicyclic) bond motifs is 1. The predicted octanol–water partition coefficient (Wildman–Crippen LogP) is 6.33. The lowest BCUT2D eigenvalue weighted by molar-refractivity contribution is -0.115. The fourth-order valence-electron chi connectivity index (χ4n) is 2.97. The number of amides is 1. The first kappa shape index (κ1) is 21.1. The molecule has 4 rings (SSSR count). The normalized spacial score (nSPS) is 11.0. The van der Waals surface area contributed by atoms with E-state index in [1.54, 1.807) is 42.6 Å². The van der Waals surface area contributed by atoms with Crippen molar-refractivity contribution >= 4 is 69.1 Å². The highest BCUT2D eigenvalue weighted by atomic mass is 35.5. The maximum Gasteiger partial charge on any atom is 0.250 e. The van der Waals surface area contributed by atoms with Crippen LogP contribution >= 0.6 is 35.4 Å². The van der Waals surface area contributed by atoms with Gasteiger partial charge < -0.3 is 9.73 Å². The van der Waals surface area contributed by atoms with E-state index >= 15 is 0 Å². The molecule has 2 N–H and O–H groups in total. The van der Waals surface area contributed by atoms with Crippen molar-refractivity contribution in [3.05, 3.63) is 88.7 Å². The molecule has 0 unspecified atom stereocenters. The second kappa shape index (κ2) is 9.31. The molecule has 0 fully saturated rings. The molecular formula is C23H15Cl2N3O2S. The van der Waals surface area contributed by atoms with E-state index in [1.165, 1.54) is 6.08 Å². The molecule has 0 aliphatic heterocycles. The summed E-state index contributed by atoms with van der Waals surface area (Å²) in [6, 6.07) is 18.1. The van der Waals surface area contributed by atoms with Crippen LogP contribution in [0.2, 0.25) is 10.0 Å². The van der Waals surface area contributed by atoms with Crippen LogP contribution in [0.5, 0.6) is 0 Å². The van der Waals surface area contributed by atoms with Gasteiger partial charge in [-0.05, 0) is 72.9 Å². The van der Waals surface area contributed by atoms with Gasteiger partial charge in [-0.1, -0.05) is 29.3 Å². The zero-order valence-corrected chi connectivity index (χ0v) is 18.3. The highest BCUT2D eigenvalue weighted by Crippen LogP contribution is 2.29. The number of carbonyl (C=O) groups excluding carboxylic acids is 1. The minimum Gasteiger partial charge on any atom is -0.457 e. The van der Waals surface area contributed by atoms with Crippen LogP contribution in [0.1, 0.15) is 5.76 Å². The number of hydrogen-bond acceptors (Lipinski definition) is 4. The Hall–Kier alpha value is -3.19. The summed E-state index contributed by atoms with van der Waals surface area (Å²) in [6.45, 7) is 0. The summed E-state index contributed by atoms with van der Waals surface area (Å²) < 4.78 is 5.74. The van der Waals surface area contributed by atoms with Crippen LogP contribution in [0, 0.1) is 0 Å². The van der Waals surface area contributed by atoms with Crippen molar-refractivity contribution in [3.8, 4) is 11.3 Å². The van der Waals surface area contributed by atoms with Crippen LogP contribution in [0.4, 0.5) is 5.69 Å². The highest BCUT2D eigenvalue weighted by Gasteiger charge is 2.08. The Balaban J connectivity index is 1.39. The topological polar surface area (TPSA) is 67.2 Å². The van der Waals surface area contributed by atoms with Gasteiger partial charge in [0.25, 0.3) is 0 Å². The maximum atomic E-state index is 12.2. The first-order valence-electron chi connectivity index (χ1n) is 9.18. The first-order chi connectivity index (χ1) is 15.0. The largest absolute Gasteiger partial charge is 0.457 e. The van der Waals surface area contributed by atoms with Gasteiger partial charge in [0.2, 0.25) is 5.91 Å². The zero-order valence-electron chi connectivity index (χ0n) is 15.9. The van der Waals surface area contributed by atoms with Crippen molar-refractivity contribution in [1.29, 1.82) is 0 Å². The summed E-state index contributed by atoms with van der Waals surface area (Å²) in [7, 11) is 0. The van der Waals surface area contributed by atoms with E-state index < -0.39 is 0 Å². The number of aromatic nitrogens is 1. The van der Waals surface area contributed by atoms with Gasteiger partial charge in [-0.15, -0.1) is 0 Å². The molecule has 0 aliphatic carbocycles. The van der Waals surface area contributed by atoms with Gasteiger partial charge >= 0.3 is 0 Å². The number of rotatable bonds is 4. The van der Waals surface area contributed by atoms with E-state index in [0.717, 1.165) is 22.2 Å². The third-order valence-corrected chi connectivity index (χ3v) is 4.94. The SMILES string of the molecule is O=C(/C=C/c1ccc(-c2cc(Cl)cc(Cl)c2)o1)NC(=S)Nc1cccc2ncccc12. The van der Waals surface area contributed by atoms with Crippen LogP contribution in [0.25, 0.3) is 28.3 Å². The van der Waals surface area contributed by atoms with E-state index in [1.807, 2.05) is 30.3 Å². The number of anilines is 1. The van der Waals surface area contributed by atoms with E-state index in [4.69, 9.17) is 39.8 Å². The molecule has 0 atom stereocenters. The molecule has 2 heterocycles. The Morgan fingerprint density at radius 3 is 2.65 bits per heavy atom. The summed E-state index contributed by atoms with van der Waals surface area (Å²) >= 11 is 17.3. The number of hydrogen-bond donors (Lipinski definition) is 2. The van der Waals surface area contributed by atoms with Crippen molar-refractivity contribution in [2.75, 3.05) is 5.32 Å². The van der Waals surface area contributed by atoms with E-state index in [-0.39, 0.29) is 11.0 Å². The average molecular weight is 468 g/mol. The maximum absolute atomic E-state index is 12.2. The van der Waals surface area contributed by atoms with Gasteiger partial charge in [-0.25, -0.2) is 0 Å². The molecule has 31 heavy (non-hydrogen) atoms. The summed E-state index contributed by atoms with van der Waals surface area (Å²) in [5.74, 6) is 0.700. The molecule has 0 spiro atoms. The number of benzene rings is 2. The number of carbonyl (C=O) groups is 1. The number of pyridine rings is 1. The molecule has 0 saturated carbocycles. The second-order valence-corrected chi connectivity index (χ2v) is 7.79. The molecule has 2 aromatic carbocycles. The molecule has 0 radical (unpaired) electrons. The Kier molecular flexibility index (Phi) is 6.32. The lowest BCUT2D eigenvalue weighted by atomic mass is 10.2. The third-order valence-electron chi connectivity index (χ3n) is 4.30. The lowest BCUT2D eigenvalue weighted by Gasteiger charge is -2.10. The fourth-order valence-corrected chi connectivity index (χ4v) is 3.71. The Morgan fingerprint density at radius 2 is 1.84 bits per heavy atom. The van der Waals surface area contributed by atoms with Gasteiger partial charge in [0.05, 0.1) is 5.52 Å². The van der Waals surface area contributed by atoms with Crippen LogP contribution in [0.15, 0.2) is 77.4 Å². The van der Waals surface area contributed by atoms with Crippen molar-refractivity contribution in [3.63, 3.8) is 0 Å². The minimum atomic E-state index is -0.389. The standard InChI is InChI=1S/C23H15Cl2N3O2S/c24-15-11-14(12-16(25)13-15)21-8-6-17(30-21)7-9-22(29)28-23(31)27-20-5-1-4-19-18(20)3-2-10-26-19/h1-13H,(H2,27,28,29,31)/b9-7+. The molecule has 0 saturated heterocycles. The Morgan fingerprint density at radius 1 is 1.03 bits per heavy atom. The van der Waals surface area contributed by atoms with E-state index in [9.17, 15) is 4.79 Å². The molecule has 4 aromatic rings. The predicted molar refractivity (Wildman–Crippen MR) is 129 cm³/mol. The lowest BCUT2D eigenvalue weighted by Crippen LogP contribution is -2.32. The average Bonchev–Trinajstić information content (AvgIpc) is 3.21. The number of halogens is 2. The van der Waals surface area contributed by atoms with Crippen molar-refractivity contribution < 1.29 is 9.21 Å². The van der Waals surface area contributed by atoms with Crippen LogP contribution in [0.3, 0.4) is 0 Å². The van der Waals surface area contributed by atoms with Gasteiger partial charge in [0, 0.05) is 39.0 Å². The van der Waals surface area contributed by atoms with Crippen LogP contribution in [-0.4, -0.2) is 16.0 Å². The molecular weight excluding hydrogens is 453 g/mol. The fraction of sp³-hybridized carbons (Fsp3) is 0. The van der Waals surface area contributed by atoms with Crippen LogP contribution in [-0.2, 0) is 4.79 Å². The molecule has 2 aromatic heterocycles. The monoisotopic (exact) mass is 467 g/mol. The molecule has 1 amide bonds. The third kappa shape index (κ3) is 5.30. The summed E-state index contributed by atoms with van der Waals surface area (Å²) in [4.78, 5) is 16.5. The summed E-state index contributed by atoms with van der Waals surface area (Å²) in [5.41, 5.74) is 2.34. The number of nitrogens with zero attached hydrogens (tertiary/aromatic N) is 1. The van der Waals surface area contributed by atoms with E-state index in [0.29, 0.717) is 21.6 Å². The summed E-state index contributed by atoms with van der Waals surface area (Å²) in [6.07, 6.45) is 4.61. The summed E-state index contributed by atoms with van der Waals surface area (Å²) in [5, 5.41) is 7.75. The number of thiocarbonyl (C=S) groups is 1. The minimum absolute atomic E-state index is 0.180.